The fourth-order valence-electron chi connectivity index (χ4n) is 3.68. The molecule has 0 aromatic rings. The number of carboxylic acid groups (broad SMARTS) is 1. The van der Waals surface area contributed by atoms with Gasteiger partial charge in [-0.15, -0.1) is 11.6 Å². The van der Waals surface area contributed by atoms with Gasteiger partial charge in [-0.1, -0.05) is 57.9 Å². The van der Waals surface area contributed by atoms with Gasteiger partial charge in [0.1, 0.15) is 0 Å². The van der Waals surface area contributed by atoms with Crippen molar-refractivity contribution in [2.45, 2.75) is 89.7 Å². The van der Waals surface area contributed by atoms with Crippen molar-refractivity contribution in [3.05, 3.63) is 24.3 Å². The molecular formula is C22H37ClO4. The van der Waals surface area contributed by atoms with Gasteiger partial charge < -0.3 is 15.3 Å². The second-order valence-electron chi connectivity index (χ2n) is 8.48. The monoisotopic (exact) mass is 400 g/mol. The first-order valence-electron chi connectivity index (χ1n) is 10.2. The van der Waals surface area contributed by atoms with Crippen LogP contribution in [-0.2, 0) is 4.79 Å². The standard InChI is InChI=1S/C22H37ClO4/c1-4-5-14-22(2,3)20(25)13-12-17-16(18(23)15-19(17)24)10-8-6-7-9-11-21(26)27/h6,8,12-13,16-20,24-25H,4-5,7,9-11,14-15H2,1-3H3,(H,26,27)/b8-6?,13-12+/t16-,17-,18-,19-,20-/m1/s1. The van der Waals surface area contributed by atoms with Crippen LogP contribution in [0.3, 0.4) is 0 Å². The van der Waals surface area contributed by atoms with Crippen molar-refractivity contribution in [3.63, 3.8) is 0 Å². The molecule has 156 valence electrons. The number of unbranched alkanes of at least 4 members (excludes halogenated alkanes) is 2. The van der Waals surface area contributed by atoms with Crippen LogP contribution in [0, 0.1) is 17.3 Å². The summed E-state index contributed by atoms with van der Waals surface area (Å²) >= 11 is 6.46. The molecule has 0 amide bonds. The molecule has 0 aliphatic heterocycles. The fourth-order valence-corrected chi connectivity index (χ4v) is 4.13. The minimum atomic E-state index is -0.770. The molecule has 0 heterocycles. The summed E-state index contributed by atoms with van der Waals surface area (Å²) in [6.07, 6.45) is 12.8. The highest BCUT2D eigenvalue weighted by Gasteiger charge is 2.39. The van der Waals surface area contributed by atoms with Crippen molar-refractivity contribution >= 4 is 17.6 Å². The molecule has 0 spiro atoms. The Morgan fingerprint density at radius 3 is 2.63 bits per heavy atom. The summed E-state index contributed by atoms with van der Waals surface area (Å²) in [6.45, 7) is 6.29. The minimum Gasteiger partial charge on any atom is -0.481 e. The van der Waals surface area contributed by atoms with Crippen LogP contribution < -0.4 is 0 Å². The van der Waals surface area contributed by atoms with Crippen molar-refractivity contribution in [1.29, 1.82) is 0 Å². The summed E-state index contributed by atoms with van der Waals surface area (Å²) in [5.41, 5.74) is -0.185. The van der Waals surface area contributed by atoms with Crippen LogP contribution in [0.15, 0.2) is 24.3 Å². The predicted molar refractivity (Wildman–Crippen MR) is 111 cm³/mol. The molecule has 5 atom stereocenters. The summed E-state index contributed by atoms with van der Waals surface area (Å²) < 4.78 is 0. The molecule has 1 aliphatic carbocycles. The molecule has 4 nitrogen and oxygen atoms in total. The van der Waals surface area contributed by atoms with Crippen molar-refractivity contribution in [2.75, 3.05) is 0 Å². The first kappa shape index (κ1) is 24.2. The Morgan fingerprint density at radius 1 is 1.30 bits per heavy atom. The lowest BCUT2D eigenvalue weighted by Gasteiger charge is -2.29. The number of aliphatic hydroxyl groups excluding tert-OH is 2. The Morgan fingerprint density at radius 2 is 2.00 bits per heavy atom. The molecule has 1 fully saturated rings. The maximum absolute atomic E-state index is 10.6. The van der Waals surface area contributed by atoms with Gasteiger partial charge in [-0.25, -0.2) is 0 Å². The molecule has 3 N–H and O–H groups in total. The quantitative estimate of drug-likeness (QED) is 0.246. The second-order valence-corrected chi connectivity index (χ2v) is 9.04. The van der Waals surface area contributed by atoms with Crippen molar-refractivity contribution in [2.24, 2.45) is 17.3 Å². The first-order chi connectivity index (χ1) is 12.7. The van der Waals surface area contributed by atoms with E-state index in [4.69, 9.17) is 16.7 Å². The molecule has 1 aliphatic rings. The molecule has 0 aromatic heterocycles. The summed E-state index contributed by atoms with van der Waals surface area (Å²) in [7, 11) is 0. The summed E-state index contributed by atoms with van der Waals surface area (Å²) in [4.78, 5) is 10.5. The third-order valence-electron chi connectivity index (χ3n) is 5.70. The molecule has 27 heavy (non-hydrogen) atoms. The third kappa shape index (κ3) is 8.37. The molecule has 5 heteroatoms. The van der Waals surface area contributed by atoms with Gasteiger partial charge in [0, 0.05) is 17.7 Å². The van der Waals surface area contributed by atoms with E-state index < -0.39 is 18.2 Å². The number of alkyl halides is 1. The number of carbonyl (C=O) groups is 1. The Labute approximate surface area is 169 Å². The summed E-state index contributed by atoms with van der Waals surface area (Å²) in [6, 6.07) is 0. The average molecular weight is 401 g/mol. The van der Waals surface area contributed by atoms with Crippen LogP contribution in [0.4, 0.5) is 0 Å². The van der Waals surface area contributed by atoms with E-state index in [0.717, 1.165) is 32.1 Å². The Kier molecular flexibility index (Phi) is 10.6. The van der Waals surface area contributed by atoms with Crippen LogP contribution in [-0.4, -0.2) is 38.9 Å². The van der Waals surface area contributed by atoms with Gasteiger partial charge in [-0.3, -0.25) is 4.79 Å². The smallest absolute Gasteiger partial charge is 0.303 e. The van der Waals surface area contributed by atoms with Crippen molar-refractivity contribution in [1.82, 2.24) is 0 Å². The Balaban J connectivity index is 2.62. The molecule has 1 saturated carbocycles. The number of rotatable bonds is 12. The van der Waals surface area contributed by atoms with Crippen LogP contribution in [0.5, 0.6) is 0 Å². The van der Waals surface area contributed by atoms with Gasteiger partial charge in [0.2, 0.25) is 0 Å². The molecule has 0 aromatic carbocycles. The lowest BCUT2D eigenvalue weighted by Crippen LogP contribution is -2.28. The zero-order chi connectivity index (χ0) is 20.4. The van der Waals surface area contributed by atoms with Gasteiger partial charge in [0.15, 0.2) is 0 Å². The number of halogens is 1. The van der Waals surface area contributed by atoms with E-state index in [9.17, 15) is 15.0 Å². The lowest BCUT2D eigenvalue weighted by molar-refractivity contribution is -0.137. The van der Waals surface area contributed by atoms with Gasteiger partial charge in [0.25, 0.3) is 0 Å². The highest BCUT2D eigenvalue weighted by molar-refractivity contribution is 6.21. The largest absolute Gasteiger partial charge is 0.481 e. The van der Waals surface area contributed by atoms with Crippen LogP contribution in [0.2, 0.25) is 0 Å². The summed E-state index contributed by atoms with van der Waals surface area (Å²) in [5.74, 6) is -0.707. The van der Waals surface area contributed by atoms with E-state index in [0.29, 0.717) is 12.8 Å². The Hall–Kier alpha value is -0.840. The van der Waals surface area contributed by atoms with E-state index >= 15 is 0 Å². The maximum atomic E-state index is 10.6. The van der Waals surface area contributed by atoms with Crippen LogP contribution in [0.25, 0.3) is 0 Å². The highest BCUT2D eigenvalue weighted by Crippen LogP contribution is 2.40. The molecule has 0 saturated heterocycles. The first-order valence-corrected chi connectivity index (χ1v) is 10.7. The third-order valence-corrected chi connectivity index (χ3v) is 6.20. The van der Waals surface area contributed by atoms with Gasteiger partial charge in [0.05, 0.1) is 12.2 Å². The normalized spacial score (nSPS) is 27.6. The van der Waals surface area contributed by atoms with E-state index in [2.05, 4.69) is 20.8 Å². The van der Waals surface area contributed by atoms with E-state index in [1.165, 1.54) is 0 Å². The topological polar surface area (TPSA) is 77.8 Å². The molecule has 1 rings (SSSR count). The zero-order valence-corrected chi connectivity index (χ0v) is 17.7. The molecule has 0 radical (unpaired) electrons. The van der Waals surface area contributed by atoms with Gasteiger partial charge in [-0.2, -0.15) is 0 Å². The maximum Gasteiger partial charge on any atom is 0.303 e. The fraction of sp³-hybridized carbons (Fsp3) is 0.773. The van der Waals surface area contributed by atoms with Gasteiger partial charge in [-0.05, 0) is 43.4 Å². The minimum absolute atomic E-state index is 0.0622. The number of hydrogen-bond donors (Lipinski definition) is 3. The van der Waals surface area contributed by atoms with Gasteiger partial charge >= 0.3 is 5.97 Å². The highest BCUT2D eigenvalue weighted by atomic mass is 35.5. The number of allylic oxidation sites excluding steroid dienone is 2. The van der Waals surface area contributed by atoms with E-state index in [1.807, 2.05) is 24.3 Å². The van der Waals surface area contributed by atoms with E-state index in [-0.39, 0.29) is 29.0 Å². The number of carboxylic acids is 1. The van der Waals surface area contributed by atoms with Crippen molar-refractivity contribution in [3.8, 4) is 0 Å². The number of hydrogen-bond acceptors (Lipinski definition) is 3. The average Bonchev–Trinajstić information content (AvgIpc) is 2.86. The molecular weight excluding hydrogens is 364 g/mol. The summed E-state index contributed by atoms with van der Waals surface area (Å²) in [5, 5.41) is 29.5. The lowest BCUT2D eigenvalue weighted by atomic mass is 9.80. The number of aliphatic carboxylic acids is 1. The van der Waals surface area contributed by atoms with Crippen LogP contribution in [0.1, 0.15) is 72.1 Å². The SMILES string of the molecule is CCCCC(C)(C)[C@H](O)/C=C/[C@@H]1[C@@H](CC=CCCCC(=O)O)[C@H](Cl)C[C@H]1O. The van der Waals surface area contributed by atoms with Crippen molar-refractivity contribution < 1.29 is 20.1 Å². The van der Waals surface area contributed by atoms with Crippen LogP contribution >= 0.6 is 11.6 Å². The Bertz CT molecular complexity index is 501. The molecule has 0 bridgehead atoms. The second kappa shape index (κ2) is 11.9. The zero-order valence-electron chi connectivity index (χ0n) is 17.0. The molecule has 0 unspecified atom stereocenters. The predicted octanol–water partition coefficient (Wildman–Crippen LogP) is 4.93. The number of aliphatic hydroxyl groups is 2. The van der Waals surface area contributed by atoms with E-state index in [1.54, 1.807) is 0 Å².